The summed E-state index contributed by atoms with van der Waals surface area (Å²) in [7, 11) is 0. The fraction of sp³-hybridized carbons (Fsp3) is 0.538. The molecule has 2 atom stereocenters. The predicted molar refractivity (Wildman–Crippen MR) is 63.1 cm³/mol. The Bertz CT molecular complexity index is 405. The number of anilines is 1. The standard InChI is InChI=1S/C13H17FN2/c14-10-4-5-13-9(6-10)7-11-2-1-3-12(8-15)16(11)13/h4-6,11-12H,1-3,7-8,15H2. The Hall–Kier alpha value is -1.09. The van der Waals surface area contributed by atoms with Gasteiger partial charge in [-0.2, -0.15) is 0 Å². The van der Waals surface area contributed by atoms with Gasteiger partial charge < -0.3 is 10.6 Å². The summed E-state index contributed by atoms with van der Waals surface area (Å²) in [5.41, 5.74) is 8.20. The van der Waals surface area contributed by atoms with Gasteiger partial charge in [0.1, 0.15) is 5.82 Å². The Morgan fingerprint density at radius 2 is 2.25 bits per heavy atom. The predicted octanol–water partition coefficient (Wildman–Crippen LogP) is 2.07. The van der Waals surface area contributed by atoms with Gasteiger partial charge in [-0.05, 0) is 49.4 Å². The van der Waals surface area contributed by atoms with E-state index in [9.17, 15) is 4.39 Å². The summed E-state index contributed by atoms with van der Waals surface area (Å²) < 4.78 is 13.2. The molecule has 0 amide bonds. The molecule has 86 valence electrons. The molecule has 0 bridgehead atoms. The average Bonchev–Trinajstić information content (AvgIpc) is 2.65. The van der Waals surface area contributed by atoms with Gasteiger partial charge in [0.25, 0.3) is 0 Å². The van der Waals surface area contributed by atoms with Gasteiger partial charge in [-0.25, -0.2) is 4.39 Å². The van der Waals surface area contributed by atoms with Crippen molar-refractivity contribution >= 4 is 5.69 Å². The minimum atomic E-state index is -0.122. The van der Waals surface area contributed by atoms with E-state index in [1.165, 1.54) is 24.9 Å². The third kappa shape index (κ3) is 1.42. The summed E-state index contributed by atoms with van der Waals surface area (Å²) in [5.74, 6) is -0.122. The number of halogens is 1. The average molecular weight is 220 g/mol. The van der Waals surface area contributed by atoms with Gasteiger partial charge in [-0.1, -0.05) is 0 Å². The molecule has 2 unspecified atom stereocenters. The lowest BCUT2D eigenvalue weighted by atomic mass is 9.96. The van der Waals surface area contributed by atoms with Crippen LogP contribution in [0.2, 0.25) is 0 Å². The molecule has 2 nitrogen and oxygen atoms in total. The molecular weight excluding hydrogens is 203 g/mol. The highest BCUT2D eigenvalue weighted by Gasteiger charge is 2.36. The van der Waals surface area contributed by atoms with Crippen LogP contribution in [0.1, 0.15) is 24.8 Å². The first-order valence-corrected chi connectivity index (χ1v) is 6.06. The first kappa shape index (κ1) is 10.1. The lowest BCUT2D eigenvalue weighted by molar-refractivity contribution is 0.399. The largest absolute Gasteiger partial charge is 0.364 e. The number of hydrogen-bond donors (Lipinski definition) is 1. The molecule has 0 spiro atoms. The lowest BCUT2D eigenvalue weighted by Gasteiger charge is -2.39. The van der Waals surface area contributed by atoms with Crippen molar-refractivity contribution in [1.82, 2.24) is 0 Å². The van der Waals surface area contributed by atoms with Crippen molar-refractivity contribution in [2.45, 2.75) is 37.8 Å². The highest BCUT2D eigenvalue weighted by atomic mass is 19.1. The molecule has 0 aromatic heterocycles. The number of piperidine rings is 1. The second kappa shape index (κ2) is 3.74. The molecule has 2 heterocycles. The lowest BCUT2D eigenvalue weighted by Crippen LogP contribution is -2.48. The summed E-state index contributed by atoms with van der Waals surface area (Å²) in [4.78, 5) is 2.43. The Labute approximate surface area is 95.2 Å². The summed E-state index contributed by atoms with van der Waals surface area (Å²) in [6.07, 6.45) is 4.62. The number of nitrogens with zero attached hydrogens (tertiary/aromatic N) is 1. The van der Waals surface area contributed by atoms with Gasteiger partial charge in [-0.3, -0.25) is 0 Å². The third-order valence-electron chi connectivity index (χ3n) is 3.91. The molecule has 1 saturated heterocycles. The minimum absolute atomic E-state index is 0.122. The van der Waals surface area contributed by atoms with E-state index in [-0.39, 0.29) is 5.82 Å². The number of hydrogen-bond acceptors (Lipinski definition) is 2. The number of benzene rings is 1. The summed E-state index contributed by atoms with van der Waals surface area (Å²) in [6.45, 7) is 0.702. The molecule has 2 aliphatic rings. The van der Waals surface area contributed by atoms with Gasteiger partial charge in [0.05, 0.1) is 0 Å². The topological polar surface area (TPSA) is 29.3 Å². The summed E-state index contributed by atoms with van der Waals surface area (Å²) in [6, 6.07) is 6.16. The maximum Gasteiger partial charge on any atom is 0.123 e. The Kier molecular flexibility index (Phi) is 2.36. The molecule has 1 aromatic rings. The van der Waals surface area contributed by atoms with E-state index in [1.54, 1.807) is 12.1 Å². The molecule has 0 saturated carbocycles. The Balaban J connectivity index is 2.00. The van der Waals surface area contributed by atoms with Gasteiger partial charge in [0.2, 0.25) is 0 Å². The highest BCUT2D eigenvalue weighted by Crippen LogP contribution is 2.39. The molecular formula is C13H17FN2. The zero-order valence-electron chi connectivity index (χ0n) is 9.32. The quantitative estimate of drug-likeness (QED) is 0.785. The van der Waals surface area contributed by atoms with E-state index in [0.717, 1.165) is 12.0 Å². The normalized spacial score (nSPS) is 27.8. The second-order valence-corrected chi connectivity index (χ2v) is 4.86. The fourth-order valence-corrected chi connectivity index (χ4v) is 3.21. The van der Waals surface area contributed by atoms with Crippen LogP contribution in [0.5, 0.6) is 0 Å². The molecule has 1 fully saturated rings. The molecule has 2 aliphatic heterocycles. The first-order chi connectivity index (χ1) is 7.79. The summed E-state index contributed by atoms with van der Waals surface area (Å²) in [5, 5.41) is 0. The van der Waals surface area contributed by atoms with Crippen LogP contribution in [0.4, 0.5) is 10.1 Å². The molecule has 0 radical (unpaired) electrons. The van der Waals surface area contributed by atoms with Crippen molar-refractivity contribution in [3.05, 3.63) is 29.6 Å². The van der Waals surface area contributed by atoms with Crippen LogP contribution in [0.15, 0.2) is 18.2 Å². The van der Waals surface area contributed by atoms with Gasteiger partial charge in [0.15, 0.2) is 0 Å². The van der Waals surface area contributed by atoms with Gasteiger partial charge >= 0.3 is 0 Å². The smallest absolute Gasteiger partial charge is 0.123 e. The van der Waals surface area contributed by atoms with Crippen LogP contribution >= 0.6 is 0 Å². The van der Waals surface area contributed by atoms with Crippen molar-refractivity contribution < 1.29 is 4.39 Å². The summed E-state index contributed by atoms with van der Waals surface area (Å²) >= 11 is 0. The van der Waals surface area contributed by atoms with Crippen LogP contribution in [0, 0.1) is 5.82 Å². The van der Waals surface area contributed by atoms with Crippen molar-refractivity contribution in [3.63, 3.8) is 0 Å². The minimum Gasteiger partial charge on any atom is -0.364 e. The van der Waals surface area contributed by atoms with Crippen LogP contribution in [0.3, 0.4) is 0 Å². The molecule has 3 rings (SSSR count). The third-order valence-corrected chi connectivity index (χ3v) is 3.91. The number of nitrogens with two attached hydrogens (primary N) is 1. The van der Waals surface area contributed by atoms with Gasteiger partial charge in [-0.15, -0.1) is 0 Å². The molecule has 0 aliphatic carbocycles. The Morgan fingerprint density at radius 1 is 1.38 bits per heavy atom. The van der Waals surface area contributed by atoms with Crippen LogP contribution < -0.4 is 10.6 Å². The first-order valence-electron chi connectivity index (χ1n) is 6.06. The van der Waals surface area contributed by atoms with E-state index in [4.69, 9.17) is 5.73 Å². The SMILES string of the molecule is NCC1CCCC2Cc3cc(F)ccc3N12. The van der Waals surface area contributed by atoms with Crippen molar-refractivity contribution in [3.8, 4) is 0 Å². The number of rotatable bonds is 1. The zero-order valence-corrected chi connectivity index (χ0v) is 9.32. The van der Waals surface area contributed by atoms with Crippen LogP contribution in [0.25, 0.3) is 0 Å². The van der Waals surface area contributed by atoms with E-state index < -0.39 is 0 Å². The second-order valence-electron chi connectivity index (χ2n) is 4.86. The highest BCUT2D eigenvalue weighted by molar-refractivity contribution is 5.60. The van der Waals surface area contributed by atoms with Crippen LogP contribution in [-0.2, 0) is 6.42 Å². The maximum atomic E-state index is 13.2. The van der Waals surface area contributed by atoms with Crippen molar-refractivity contribution in [2.24, 2.45) is 5.73 Å². The van der Waals surface area contributed by atoms with Crippen LogP contribution in [-0.4, -0.2) is 18.6 Å². The van der Waals surface area contributed by atoms with Crippen molar-refractivity contribution in [2.75, 3.05) is 11.4 Å². The maximum absolute atomic E-state index is 13.2. The molecule has 1 aromatic carbocycles. The molecule has 3 heteroatoms. The zero-order chi connectivity index (χ0) is 11.1. The van der Waals surface area contributed by atoms with E-state index >= 15 is 0 Å². The Morgan fingerprint density at radius 3 is 3.06 bits per heavy atom. The molecule has 16 heavy (non-hydrogen) atoms. The van der Waals surface area contributed by atoms with Gasteiger partial charge in [0, 0.05) is 24.3 Å². The number of fused-ring (bicyclic) bond motifs is 3. The fourth-order valence-electron chi connectivity index (χ4n) is 3.21. The van der Waals surface area contributed by atoms with Crippen molar-refractivity contribution in [1.29, 1.82) is 0 Å². The van der Waals surface area contributed by atoms with E-state index in [2.05, 4.69) is 4.90 Å². The van der Waals surface area contributed by atoms with E-state index in [1.807, 2.05) is 6.07 Å². The molecule has 2 N–H and O–H groups in total. The van der Waals surface area contributed by atoms with E-state index in [0.29, 0.717) is 18.6 Å². The monoisotopic (exact) mass is 220 g/mol.